The molecule has 19 heavy (non-hydrogen) atoms. The molecule has 0 spiro atoms. The minimum atomic E-state index is 0.168. The number of amides is 1. The van der Waals surface area contributed by atoms with Crippen molar-refractivity contribution in [1.29, 1.82) is 0 Å². The van der Waals surface area contributed by atoms with E-state index in [0.717, 1.165) is 16.8 Å². The Morgan fingerprint density at radius 2 is 2.32 bits per heavy atom. The van der Waals surface area contributed by atoms with Gasteiger partial charge in [0.15, 0.2) is 0 Å². The Morgan fingerprint density at radius 3 is 2.84 bits per heavy atom. The molecule has 108 valence electrons. The van der Waals surface area contributed by atoms with Crippen LogP contribution in [0.2, 0.25) is 0 Å². The van der Waals surface area contributed by atoms with Crippen LogP contribution in [0.3, 0.4) is 0 Å². The van der Waals surface area contributed by atoms with Gasteiger partial charge < -0.3 is 10.0 Å². The van der Waals surface area contributed by atoms with Gasteiger partial charge >= 0.3 is 0 Å². The number of aliphatic hydroxyl groups is 1. The fraction of sp³-hybridized carbons (Fsp3) is 0.615. The third-order valence-corrected chi connectivity index (χ3v) is 5.56. The van der Waals surface area contributed by atoms with Crippen LogP contribution in [0.4, 0.5) is 0 Å². The second kappa shape index (κ2) is 9.00. The van der Waals surface area contributed by atoms with E-state index in [1.807, 2.05) is 30.9 Å². The summed E-state index contributed by atoms with van der Waals surface area (Å²) in [5, 5.41) is 9.17. The Morgan fingerprint density at radius 1 is 1.58 bits per heavy atom. The molecule has 1 unspecified atom stereocenters. The summed E-state index contributed by atoms with van der Waals surface area (Å²) < 4.78 is 1.09. The minimum absolute atomic E-state index is 0.168. The van der Waals surface area contributed by atoms with Crippen LogP contribution in [0.5, 0.6) is 0 Å². The van der Waals surface area contributed by atoms with Gasteiger partial charge in [-0.2, -0.15) is 0 Å². The number of aliphatic hydroxyl groups excluding tert-OH is 1. The van der Waals surface area contributed by atoms with E-state index in [9.17, 15) is 4.79 Å². The Labute approximate surface area is 131 Å². The molecule has 1 atom stereocenters. The van der Waals surface area contributed by atoms with Gasteiger partial charge in [0.05, 0.1) is 16.1 Å². The number of carbonyl (C=O) groups excluding carboxylic acids is 1. The zero-order valence-corrected chi connectivity index (χ0v) is 14.5. The number of hydrogen-bond donors (Lipinski definition) is 1. The summed E-state index contributed by atoms with van der Waals surface area (Å²) in [4.78, 5) is 15.2. The lowest BCUT2D eigenvalue weighted by Gasteiger charge is -2.20. The highest BCUT2D eigenvalue weighted by atomic mass is 79.9. The van der Waals surface area contributed by atoms with E-state index >= 15 is 0 Å². The summed E-state index contributed by atoms with van der Waals surface area (Å²) >= 11 is 6.71. The van der Waals surface area contributed by atoms with Gasteiger partial charge in [0.1, 0.15) is 0 Å². The molecule has 0 bridgehead atoms. The van der Waals surface area contributed by atoms with Crippen molar-refractivity contribution >= 4 is 44.9 Å². The van der Waals surface area contributed by atoms with Crippen LogP contribution in [-0.2, 0) is 11.3 Å². The smallest absolute Gasteiger partial charge is 0.232 e. The highest BCUT2D eigenvalue weighted by Gasteiger charge is 2.14. The van der Waals surface area contributed by atoms with Gasteiger partial charge in [-0.1, -0.05) is 6.92 Å². The molecule has 1 aromatic rings. The van der Waals surface area contributed by atoms with Crippen molar-refractivity contribution in [2.45, 2.75) is 32.1 Å². The van der Waals surface area contributed by atoms with Crippen molar-refractivity contribution < 1.29 is 9.90 Å². The molecule has 1 heterocycles. The average molecular weight is 366 g/mol. The summed E-state index contributed by atoms with van der Waals surface area (Å²) in [7, 11) is 0. The van der Waals surface area contributed by atoms with Crippen molar-refractivity contribution in [1.82, 2.24) is 4.90 Å². The molecule has 1 aromatic heterocycles. The first-order valence-corrected chi connectivity index (χ1v) is 8.97. The Kier molecular flexibility index (Phi) is 8.06. The van der Waals surface area contributed by atoms with Crippen molar-refractivity contribution in [3.05, 3.63) is 20.8 Å². The summed E-state index contributed by atoms with van der Waals surface area (Å²) in [5.74, 6) is 0.656. The molecule has 0 radical (unpaired) electrons. The molecule has 0 fully saturated rings. The van der Waals surface area contributed by atoms with Gasteiger partial charge in [0.2, 0.25) is 5.91 Å². The number of thiophene rings is 1. The van der Waals surface area contributed by atoms with Crippen molar-refractivity contribution in [3.8, 4) is 0 Å². The molecule has 1 amide bonds. The second-order valence-corrected chi connectivity index (χ2v) is 8.22. The molecule has 0 saturated carbocycles. The quantitative estimate of drug-likeness (QED) is 0.767. The van der Waals surface area contributed by atoms with Crippen molar-refractivity contribution in [2.24, 2.45) is 0 Å². The Bertz CT molecular complexity index is 398. The highest BCUT2D eigenvalue weighted by molar-refractivity contribution is 9.11. The largest absolute Gasteiger partial charge is 0.396 e. The van der Waals surface area contributed by atoms with Gasteiger partial charge in [-0.3, -0.25) is 4.79 Å². The molecule has 0 aliphatic rings. The van der Waals surface area contributed by atoms with E-state index in [4.69, 9.17) is 5.11 Å². The van der Waals surface area contributed by atoms with Crippen LogP contribution in [0.1, 0.15) is 25.1 Å². The van der Waals surface area contributed by atoms with Crippen LogP contribution in [0, 0.1) is 0 Å². The summed E-state index contributed by atoms with van der Waals surface area (Å²) in [6.07, 6.45) is 0.738. The first kappa shape index (κ1) is 17.0. The zero-order chi connectivity index (χ0) is 14.3. The van der Waals surface area contributed by atoms with Gasteiger partial charge in [0.25, 0.3) is 0 Å². The number of nitrogens with zero attached hydrogens (tertiary/aromatic N) is 1. The maximum Gasteiger partial charge on any atom is 0.232 e. The van der Waals surface area contributed by atoms with Crippen LogP contribution in [-0.4, -0.2) is 40.1 Å². The predicted octanol–water partition coefficient (Wildman–Crippen LogP) is 3.36. The lowest BCUT2D eigenvalue weighted by Crippen LogP contribution is -2.31. The molecular weight excluding hydrogens is 346 g/mol. The van der Waals surface area contributed by atoms with Crippen LogP contribution in [0.25, 0.3) is 0 Å². The van der Waals surface area contributed by atoms with Gasteiger partial charge in [0, 0.05) is 23.3 Å². The molecule has 6 heteroatoms. The van der Waals surface area contributed by atoms with E-state index in [0.29, 0.717) is 17.5 Å². The van der Waals surface area contributed by atoms with Crippen molar-refractivity contribution in [2.75, 3.05) is 18.9 Å². The monoisotopic (exact) mass is 365 g/mol. The number of halogens is 1. The lowest BCUT2D eigenvalue weighted by molar-refractivity contribution is -0.128. The van der Waals surface area contributed by atoms with E-state index in [1.54, 1.807) is 23.1 Å². The van der Waals surface area contributed by atoms with Crippen molar-refractivity contribution in [3.63, 3.8) is 0 Å². The third-order valence-electron chi connectivity index (χ3n) is 2.74. The number of rotatable bonds is 8. The van der Waals surface area contributed by atoms with Gasteiger partial charge in [-0.05, 0) is 41.4 Å². The predicted molar refractivity (Wildman–Crippen MR) is 86.7 cm³/mol. The molecule has 0 aliphatic heterocycles. The summed E-state index contributed by atoms with van der Waals surface area (Å²) in [6.45, 7) is 5.64. The summed E-state index contributed by atoms with van der Waals surface area (Å²) in [6, 6.07) is 4.06. The van der Waals surface area contributed by atoms with Gasteiger partial charge in [-0.15, -0.1) is 23.1 Å². The summed E-state index contributed by atoms with van der Waals surface area (Å²) in [5.41, 5.74) is 0. The molecular formula is C13H20BrNO2S2. The first-order chi connectivity index (χ1) is 9.06. The first-order valence-electron chi connectivity index (χ1n) is 6.31. The van der Waals surface area contributed by atoms with Crippen LogP contribution >= 0.6 is 39.0 Å². The standard InChI is InChI=1S/C13H20BrNO2S2/c1-3-15(8-11-4-5-12(14)19-11)13(17)9-18-10(2)6-7-16/h4-5,10,16H,3,6-9H2,1-2H3. The topological polar surface area (TPSA) is 40.5 Å². The second-order valence-electron chi connectivity index (χ2n) is 4.25. The molecule has 0 aliphatic carbocycles. The molecule has 1 rings (SSSR count). The molecule has 0 aromatic carbocycles. The molecule has 3 nitrogen and oxygen atoms in total. The fourth-order valence-electron chi connectivity index (χ4n) is 1.57. The number of thioether (sulfide) groups is 1. The van der Waals surface area contributed by atoms with Crippen LogP contribution < -0.4 is 0 Å². The normalized spacial score (nSPS) is 12.4. The van der Waals surface area contributed by atoms with Crippen LogP contribution in [0.15, 0.2) is 15.9 Å². The molecule has 0 saturated heterocycles. The van der Waals surface area contributed by atoms with E-state index < -0.39 is 0 Å². The zero-order valence-electron chi connectivity index (χ0n) is 11.3. The highest BCUT2D eigenvalue weighted by Crippen LogP contribution is 2.23. The lowest BCUT2D eigenvalue weighted by atomic mass is 10.3. The SMILES string of the molecule is CCN(Cc1ccc(Br)s1)C(=O)CSC(C)CCO. The Balaban J connectivity index is 2.43. The molecule has 1 N–H and O–H groups in total. The number of hydrogen-bond acceptors (Lipinski definition) is 4. The maximum absolute atomic E-state index is 12.1. The van der Waals surface area contributed by atoms with E-state index in [2.05, 4.69) is 15.9 Å². The number of carbonyl (C=O) groups is 1. The average Bonchev–Trinajstić information content (AvgIpc) is 2.79. The van der Waals surface area contributed by atoms with E-state index in [-0.39, 0.29) is 12.5 Å². The third kappa shape index (κ3) is 6.29. The fourth-order valence-corrected chi connectivity index (χ4v) is 3.95. The minimum Gasteiger partial charge on any atom is -0.396 e. The Hall–Kier alpha value is -0.0400. The van der Waals surface area contributed by atoms with E-state index in [1.165, 1.54) is 4.88 Å². The van der Waals surface area contributed by atoms with Gasteiger partial charge in [-0.25, -0.2) is 0 Å². The maximum atomic E-state index is 12.1.